The summed E-state index contributed by atoms with van der Waals surface area (Å²) in [6, 6.07) is 0.383. The Morgan fingerprint density at radius 3 is 2.62 bits per heavy atom. The summed E-state index contributed by atoms with van der Waals surface area (Å²) in [5.41, 5.74) is -0.00768. The molecule has 0 aliphatic carbocycles. The summed E-state index contributed by atoms with van der Waals surface area (Å²) >= 11 is 0. The number of rotatable bonds is 5. The van der Waals surface area contributed by atoms with Gasteiger partial charge in [-0.2, -0.15) is 0 Å². The molecule has 0 unspecified atom stereocenters. The summed E-state index contributed by atoms with van der Waals surface area (Å²) in [5, 5.41) is 11.3. The number of aromatic nitrogens is 2. The van der Waals surface area contributed by atoms with Crippen LogP contribution in [0.5, 0.6) is 0 Å². The van der Waals surface area contributed by atoms with E-state index in [1.807, 2.05) is 4.90 Å². The molecule has 2 heterocycles. The second-order valence-corrected chi connectivity index (χ2v) is 6.53. The van der Waals surface area contributed by atoms with Crippen molar-refractivity contribution in [2.75, 3.05) is 31.6 Å². The van der Waals surface area contributed by atoms with E-state index >= 15 is 0 Å². The van der Waals surface area contributed by atoms with Crippen molar-refractivity contribution < 1.29 is 9.21 Å². The maximum Gasteiger partial charge on any atom is 0.318 e. The van der Waals surface area contributed by atoms with Gasteiger partial charge in [0.2, 0.25) is 11.8 Å². The third-order valence-electron chi connectivity index (χ3n) is 3.38. The Labute approximate surface area is 125 Å². The highest BCUT2D eigenvalue weighted by molar-refractivity contribution is 5.80. The van der Waals surface area contributed by atoms with Crippen molar-refractivity contribution in [2.24, 2.45) is 0 Å². The van der Waals surface area contributed by atoms with Gasteiger partial charge in [0.15, 0.2) is 0 Å². The van der Waals surface area contributed by atoms with Gasteiger partial charge in [-0.05, 0) is 33.6 Å². The molecule has 1 aliphatic heterocycles. The Bertz CT molecular complexity index is 474. The van der Waals surface area contributed by atoms with Gasteiger partial charge in [-0.3, -0.25) is 4.79 Å². The van der Waals surface area contributed by atoms with Gasteiger partial charge < -0.3 is 19.5 Å². The van der Waals surface area contributed by atoms with E-state index in [0.29, 0.717) is 18.5 Å². The van der Waals surface area contributed by atoms with Crippen molar-refractivity contribution in [1.82, 2.24) is 20.4 Å². The molecule has 1 saturated heterocycles. The van der Waals surface area contributed by atoms with E-state index < -0.39 is 0 Å². The highest BCUT2D eigenvalue weighted by Gasteiger charge is 2.21. The van der Waals surface area contributed by atoms with Gasteiger partial charge in [-0.1, -0.05) is 5.10 Å². The summed E-state index contributed by atoms with van der Waals surface area (Å²) in [7, 11) is 1.79. The van der Waals surface area contributed by atoms with Gasteiger partial charge in [0.05, 0.1) is 6.54 Å². The van der Waals surface area contributed by atoms with Crippen LogP contribution in [0.25, 0.3) is 0 Å². The molecule has 0 atom stereocenters. The van der Waals surface area contributed by atoms with Crippen molar-refractivity contribution >= 4 is 11.9 Å². The first-order valence-corrected chi connectivity index (χ1v) is 7.41. The fourth-order valence-electron chi connectivity index (χ4n) is 2.15. The number of carbonyl (C=O) groups excluding carboxylic acids is 1. The first-order valence-electron chi connectivity index (χ1n) is 7.41. The van der Waals surface area contributed by atoms with Gasteiger partial charge in [0.25, 0.3) is 0 Å². The third kappa shape index (κ3) is 4.70. The zero-order valence-corrected chi connectivity index (χ0v) is 13.3. The third-order valence-corrected chi connectivity index (χ3v) is 3.38. The fourth-order valence-corrected chi connectivity index (χ4v) is 2.15. The molecule has 1 amide bonds. The minimum atomic E-state index is -0.00768. The lowest BCUT2D eigenvalue weighted by Crippen LogP contribution is -2.37. The van der Waals surface area contributed by atoms with Crippen molar-refractivity contribution in [1.29, 1.82) is 0 Å². The van der Waals surface area contributed by atoms with Crippen LogP contribution in [-0.4, -0.2) is 53.2 Å². The number of carbonyl (C=O) groups is 1. The first kappa shape index (κ1) is 15.8. The molecule has 0 aromatic carbocycles. The molecule has 118 valence electrons. The average molecular weight is 295 g/mol. The molecule has 1 fully saturated rings. The SMILES string of the molecule is CN(CC(=O)N1CCCC1)c1nnc(CNC(C)(C)C)o1. The van der Waals surface area contributed by atoms with E-state index in [4.69, 9.17) is 4.42 Å². The number of hydrogen-bond acceptors (Lipinski definition) is 6. The van der Waals surface area contributed by atoms with E-state index in [2.05, 4.69) is 36.3 Å². The van der Waals surface area contributed by atoms with E-state index in [1.165, 1.54) is 0 Å². The normalized spacial score (nSPS) is 15.5. The van der Waals surface area contributed by atoms with Crippen LogP contribution in [0.3, 0.4) is 0 Å². The number of likely N-dealkylation sites (tertiary alicyclic amines) is 1. The lowest BCUT2D eigenvalue weighted by atomic mass is 10.1. The summed E-state index contributed by atoms with van der Waals surface area (Å²) < 4.78 is 5.57. The van der Waals surface area contributed by atoms with E-state index in [0.717, 1.165) is 25.9 Å². The van der Waals surface area contributed by atoms with E-state index in [9.17, 15) is 4.79 Å². The van der Waals surface area contributed by atoms with Crippen LogP contribution in [0.1, 0.15) is 39.5 Å². The predicted octanol–water partition coefficient (Wildman–Crippen LogP) is 1.02. The van der Waals surface area contributed by atoms with E-state index in [-0.39, 0.29) is 18.0 Å². The number of likely N-dealkylation sites (N-methyl/N-ethyl adjacent to an activating group) is 1. The van der Waals surface area contributed by atoms with Gasteiger partial charge in [0, 0.05) is 25.7 Å². The Kier molecular flexibility index (Phi) is 4.82. The largest absolute Gasteiger partial charge is 0.407 e. The summed E-state index contributed by atoms with van der Waals surface area (Å²) in [4.78, 5) is 15.7. The molecular weight excluding hydrogens is 270 g/mol. The van der Waals surface area contributed by atoms with Crippen molar-refractivity contribution in [2.45, 2.75) is 45.7 Å². The second-order valence-electron chi connectivity index (χ2n) is 6.53. The van der Waals surface area contributed by atoms with Crippen LogP contribution >= 0.6 is 0 Å². The zero-order valence-electron chi connectivity index (χ0n) is 13.3. The predicted molar refractivity (Wildman–Crippen MR) is 80.0 cm³/mol. The molecule has 1 aromatic rings. The summed E-state index contributed by atoms with van der Waals surface area (Å²) in [6.45, 7) is 8.73. The van der Waals surface area contributed by atoms with Gasteiger partial charge >= 0.3 is 6.01 Å². The molecule has 1 aromatic heterocycles. The minimum absolute atomic E-state index is 0.00768. The molecule has 0 saturated carbocycles. The zero-order chi connectivity index (χ0) is 15.5. The molecule has 2 rings (SSSR count). The number of anilines is 1. The van der Waals surface area contributed by atoms with Crippen LogP contribution in [0, 0.1) is 0 Å². The van der Waals surface area contributed by atoms with Crippen molar-refractivity contribution in [3.8, 4) is 0 Å². The van der Waals surface area contributed by atoms with Crippen LogP contribution in [0.4, 0.5) is 6.01 Å². The molecule has 0 radical (unpaired) electrons. The van der Waals surface area contributed by atoms with Gasteiger partial charge in [0.1, 0.15) is 6.54 Å². The molecule has 1 N–H and O–H groups in total. The van der Waals surface area contributed by atoms with E-state index in [1.54, 1.807) is 11.9 Å². The quantitative estimate of drug-likeness (QED) is 0.874. The smallest absolute Gasteiger partial charge is 0.318 e. The summed E-state index contributed by atoms with van der Waals surface area (Å²) in [5.74, 6) is 0.642. The fraction of sp³-hybridized carbons (Fsp3) is 0.786. The monoisotopic (exact) mass is 295 g/mol. The van der Waals surface area contributed by atoms with Crippen LogP contribution in [-0.2, 0) is 11.3 Å². The number of amides is 1. The highest BCUT2D eigenvalue weighted by Crippen LogP contribution is 2.13. The number of nitrogens with one attached hydrogen (secondary N) is 1. The summed E-state index contributed by atoms with van der Waals surface area (Å²) in [6.07, 6.45) is 2.19. The van der Waals surface area contributed by atoms with Crippen LogP contribution in [0.2, 0.25) is 0 Å². The maximum atomic E-state index is 12.1. The Morgan fingerprint density at radius 2 is 2.00 bits per heavy atom. The topological polar surface area (TPSA) is 74.5 Å². The average Bonchev–Trinajstić information content (AvgIpc) is 3.07. The van der Waals surface area contributed by atoms with Crippen LogP contribution < -0.4 is 10.2 Å². The van der Waals surface area contributed by atoms with Gasteiger partial charge in [-0.15, -0.1) is 5.10 Å². The Morgan fingerprint density at radius 1 is 1.33 bits per heavy atom. The minimum Gasteiger partial charge on any atom is -0.407 e. The lowest BCUT2D eigenvalue weighted by Gasteiger charge is -2.20. The van der Waals surface area contributed by atoms with Gasteiger partial charge in [-0.25, -0.2) is 0 Å². The molecule has 7 nitrogen and oxygen atoms in total. The molecular formula is C14H25N5O2. The molecule has 21 heavy (non-hydrogen) atoms. The standard InChI is InChI=1S/C14H25N5O2/c1-14(2,3)15-9-11-16-17-13(21-11)18(4)10-12(20)19-7-5-6-8-19/h15H,5-10H2,1-4H3. The molecule has 7 heteroatoms. The molecule has 0 bridgehead atoms. The number of hydrogen-bond donors (Lipinski definition) is 1. The molecule has 1 aliphatic rings. The highest BCUT2D eigenvalue weighted by atomic mass is 16.4. The van der Waals surface area contributed by atoms with Crippen LogP contribution in [0.15, 0.2) is 4.42 Å². The Balaban J connectivity index is 1.86. The first-order chi connectivity index (χ1) is 9.85. The maximum absolute atomic E-state index is 12.1. The Hall–Kier alpha value is -1.63. The second kappa shape index (κ2) is 6.43. The molecule has 0 spiro atoms. The lowest BCUT2D eigenvalue weighted by molar-refractivity contribution is -0.128. The van der Waals surface area contributed by atoms with Crippen molar-refractivity contribution in [3.05, 3.63) is 5.89 Å². The van der Waals surface area contributed by atoms with Crippen molar-refractivity contribution in [3.63, 3.8) is 0 Å². The number of nitrogens with zero attached hydrogens (tertiary/aromatic N) is 4.